The smallest absolute Gasteiger partial charge is 0.0991 e. The Bertz CT molecular complexity index is 284. The van der Waals surface area contributed by atoms with Crippen molar-refractivity contribution in [1.82, 2.24) is 0 Å². The number of aliphatic hydroxyl groups excluding tert-OH is 1. The first-order valence-electron chi connectivity index (χ1n) is 3.96. The Balaban J connectivity index is 2.86. The van der Waals surface area contributed by atoms with E-state index in [4.69, 9.17) is 5.26 Å². The minimum Gasteiger partial charge on any atom is -0.388 e. The highest BCUT2D eigenvalue weighted by Crippen LogP contribution is 2.15. The summed E-state index contributed by atoms with van der Waals surface area (Å²) in [5.41, 5.74) is 1.50. The molecule has 1 aromatic carbocycles. The third kappa shape index (κ3) is 1.84. The van der Waals surface area contributed by atoms with Crippen LogP contribution < -0.4 is 0 Å². The Labute approximate surface area is 72.1 Å². The predicted octanol–water partition coefficient (Wildman–Crippen LogP) is 2.00. The van der Waals surface area contributed by atoms with Crippen molar-refractivity contribution in [1.29, 1.82) is 5.26 Å². The molecule has 0 aliphatic heterocycles. The molecule has 1 atom stereocenters. The van der Waals surface area contributed by atoms with Crippen molar-refractivity contribution >= 4 is 0 Å². The Morgan fingerprint density at radius 1 is 1.42 bits per heavy atom. The number of benzene rings is 1. The van der Waals surface area contributed by atoms with E-state index in [2.05, 4.69) is 0 Å². The summed E-state index contributed by atoms with van der Waals surface area (Å²) in [5.74, 6) is 0. The predicted molar refractivity (Wildman–Crippen MR) is 46.4 cm³/mol. The molecule has 1 rings (SSSR count). The lowest BCUT2D eigenvalue weighted by Crippen LogP contribution is -1.94. The van der Waals surface area contributed by atoms with Crippen LogP contribution in [0.4, 0.5) is 0 Å². The second-order valence-electron chi connectivity index (χ2n) is 2.66. The van der Waals surface area contributed by atoms with Crippen LogP contribution >= 0.6 is 0 Å². The molecule has 0 aromatic heterocycles. The van der Waals surface area contributed by atoms with Gasteiger partial charge in [-0.15, -0.1) is 0 Å². The second-order valence-corrected chi connectivity index (χ2v) is 2.66. The van der Waals surface area contributed by atoms with Crippen LogP contribution in [0, 0.1) is 11.3 Å². The van der Waals surface area contributed by atoms with Crippen LogP contribution in [0.15, 0.2) is 24.3 Å². The highest BCUT2D eigenvalue weighted by atomic mass is 16.3. The van der Waals surface area contributed by atoms with Gasteiger partial charge in [0.05, 0.1) is 17.7 Å². The van der Waals surface area contributed by atoms with E-state index in [1.54, 1.807) is 24.3 Å². The molecule has 0 heterocycles. The zero-order valence-electron chi connectivity index (χ0n) is 6.99. The maximum atomic E-state index is 9.41. The lowest BCUT2D eigenvalue weighted by atomic mass is 10.1. The van der Waals surface area contributed by atoms with Gasteiger partial charge < -0.3 is 5.11 Å². The molecular formula is C10H11NO. The van der Waals surface area contributed by atoms with Crippen molar-refractivity contribution in [2.75, 3.05) is 0 Å². The number of hydrogen-bond donors (Lipinski definition) is 1. The summed E-state index contributed by atoms with van der Waals surface area (Å²) in [4.78, 5) is 0. The maximum absolute atomic E-state index is 9.41. The standard InChI is InChI=1S/C10H11NO/c1-2-10(12)9-5-3-8(7-11)4-6-9/h3-6,10,12H,2H2,1H3. The first-order chi connectivity index (χ1) is 5.77. The van der Waals surface area contributed by atoms with E-state index in [0.29, 0.717) is 12.0 Å². The molecule has 0 aliphatic carbocycles. The van der Waals surface area contributed by atoms with E-state index in [1.165, 1.54) is 0 Å². The first-order valence-corrected chi connectivity index (χ1v) is 3.96. The minimum atomic E-state index is -0.405. The van der Waals surface area contributed by atoms with Gasteiger partial charge in [0.2, 0.25) is 0 Å². The highest BCUT2D eigenvalue weighted by Gasteiger charge is 2.02. The van der Waals surface area contributed by atoms with Crippen molar-refractivity contribution in [3.63, 3.8) is 0 Å². The van der Waals surface area contributed by atoms with Crippen molar-refractivity contribution in [2.45, 2.75) is 19.4 Å². The molecule has 0 spiro atoms. The lowest BCUT2D eigenvalue weighted by Gasteiger charge is -2.06. The van der Waals surface area contributed by atoms with Gasteiger partial charge in [-0.1, -0.05) is 19.1 Å². The maximum Gasteiger partial charge on any atom is 0.0991 e. The van der Waals surface area contributed by atoms with Crippen LogP contribution in [-0.4, -0.2) is 5.11 Å². The Kier molecular flexibility index (Phi) is 2.84. The van der Waals surface area contributed by atoms with Gasteiger partial charge in [-0.05, 0) is 24.1 Å². The number of nitriles is 1. The number of aliphatic hydroxyl groups is 1. The summed E-state index contributed by atoms with van der Waals surface area (Å²) < 4.78 is 0. The van der Waals surface area contributed by atoms with Gasteiger partial charge in [-0.3, -0.25) is 0 Å². The van der Waals surface area contributed by atoms with Crippen LogP contribution in [0.2, 0.25) is 0 Å². The molecule has 0 amide bonds. The molecule has 2 nitrogen and oxygen atoms in total. The van der Waals surface area contributed by atoms with E-state index in [9.17, 15) is 5.11 Å². The molecule has 1 unspecified atom stereocenters. The lowest BCUT2D eigenvalue weighted by molar-refractivity contribution is 0.173. The Morgan fingerprint density at radius 3 is 2.42 bits per heavy atom. The summed E-state index contributed by atoms with van der Waals surface area (Å²) in [5, 5.41) is 17.9. The second kappa shape index (κ2) is 3.89. The molecule has 0 radical (unpaired) electrons. The summed E-state index contributed by atoms with van der Waals surface area (Å²) in [6, 6.07) is 9.03. The van der Waals surface area contributed by atoms with Gasteiger partial charge in [0.15, 0.2) is 0 Å². The molecule has 1 N–H and O–H groups in total. The van der Waals surface area contributed by atoms with E-state index in [1.807, 2.05) is 13.0 Å². The zero-order valence-corrected chi connectivity index (χ0v) is 6.99. The number of hydrogen-bond acceptors (Lipinski definition) is 2. The monoisotopic (exact) mass is 161 g/mol. The topological polar surface area (TPSA) is 44.0 Å². The van der Waals surface area contributed by atoms with Gasteiger partial charge in [0.25, 0.3) is 0 Å². The van der Waals surface area contributed by atoms with E-state index >= 15 is 0 Å². The van der Waals surface area contributed by atoms with E-state index in [0.717, 1.165) is 5.56 Å². The molecule has 1 aromatic rings. The van der Waals surface area contributed by atoms with Crippen LogP contribution in [-0.2, 0) is 0 Å². The van der Waals surface area contributed by atoms with Crippen LogP contribution in [0.3, 0.4) is 0 Å². The molecule has 0 saturated carbocycles. The summed E-state index contributed by atoms with van der Waals surface area (Å²) in [6.45, 7) is 1.92. The summed E-state index contributed by atoms with van der Waals surface area (Å²) in [7, 11) is 0. The number of nitrogens with zero attached hydrogens (tertiary/aromatic N) is 1. The fourth-order valence-corrected chi connectivity index (χ4v) is 1.02. The molecule has 2 heteroatoms. The van der Waals surface area contributed by atoms with E-state index < -0.39 is 6.10 Å². The Morgan fingerprint density at radius 2 is 2.00 bits per heavy atom. The fraction of sp³-hybridized carbons (Fsp3) is 0.300. The molecule has 0 aliphatic rings. The fourth-order valence-electron chi connectivity index (χ4n) is 1.02. The third-order valence-electron chi connectivity index (χ3n) is 1.81. The molecule has 0 fully saturated rings. The molecular weight excluding hydrogens is 150 g/mol. The molecule has 62 valence electrons. The van der Waals surface area contributed by atoms with Gasteiger partial charge in [-0.2, -0.15) is 5.26 Å². The number of rotatable bonds is 2. The van der Waals surface area contributed by atoms with Gasteiger partial charge in [-0.25, -0.2) is 0 Å². The Hall–Kier alpha value is -1.33. The molecule has 12 heavy (non-hydrogen) atoms. The molecule has 0 saturated heterocycles. The first kappa shape index (κ1) is 8.76. The summed E-state index contributed by atoms with van der Waals surface area (Å²) >= 11 is 0. The van der Waals surface area contributed by atoms with Crippen LogP contribution in [0.5, 0.6) is 0 Å². The van der Waals surface area contributed by atoms with E-state index in [-0.39, 0.29) is 0 Å². The van der Waals surface area contributed by atoms with Crippen molar-refractivity contribution in [3.8, 4) is 6.07 Å². The van der Waals surface area contributed by atoms with Crippen molar-refractivity contribution < 1.29 is 5.11 Å². The van der Waals surface area contributed by atoms with Crippen molar-refractivity contribution in [3.05, 3.63) is 35.4 Å². The van der Waals surface area contributed by atoms with Gasteiger partial charge in [0, 0.05) is 0 Å². The molecule has 0 bridgehead atoms. The third-order valence-corrected chi connectivity index (χ3v) is 1.81. The zero-order chi connectivity index (χ0) is 8.97. The summed E-state index contributed by atoms with van der Waals surface area (Å²) in [6.07, 6.45) is 0.295. The van der Waals surface area contributed by atoms with Gasteiger partial charge in [0.1, 0.15) is 0 Å². The highest BCUT2D eigenvalue weighted by molar-refractivity contribution is 5.32. The largest absolute Gasteiger partial charge is 0.388 e. The van der Waals surface area contributed by atoms with Gasteiger partial charge >= 0.3 is 0 Å². The quantitative estimate of drug-likeness (QED) is 0.721. The minimum absolute atomic E-state index is 0.405. The van der Waals surface area contributed by atoms with Crippen LogP contribution in [0.1, 0.15) is 30.6 Å². The average Bonchev–Trinajstić information content (AvgIpc) is 2.17. The van der Waals surface area contributed by atoms with Crippen LogP contribution in [0.25, 0.3) is 0 Å². The van der Waals surface area contributed by atoms with Crippen molar-refractivity contribution in [2.24, 2.45) is 0 Å². The normalized spacial score (nSPS) is 12.1. The SMILES string of the molecule is CCC(O)c1ccc(C#N)cc1. The average molecular weight is 161 g/mol.